The second kappa shape index (κ2) is 14.2. The molecule has 0 aliphatic heterocycles. The van der Waals surface area contributed by atoms with Crippen LogP contribution in [0.2, 0.25) is 0 Å². The Balaban J connectivity index is 0.00000420. The van der Waals surface area contributed by atoms with Gasteiger partial charge in [0.2, 0.25) is 0 Å². The van der Waals surface area contributed by atoms with Crippen LogP contribution in [0.25, 0.3) is 0 Å². The van der Waals surface area contributed by atoms with Gasteiger partial charge in [-0.15, -0.1) is 0 Å². The van der Waals surface area contributed by atoms with Crippen LogP contribution in [-0.2, 0) is 16.5 Å². The molecule has 0 saturated heterocycles. The van der Waals surface area contributed by atoms with Crippen LogP contribution in [0.15, 0.2) is 53.4 Å². The predicted molar refractivity (Wildman–Crippen MR) is 112 cm³/mol. The third-order valence-electron chi connectivity index (χ3n) is 4.82. The Labute approximate surface area is 198 Å². The summed E-state index contributed by atoms with van der Waals surface area (Å²) in [7, 11) is -4.60. The van der Waals surface area contributed by atoms with E-state index in [1.165, 1.54) is 51.0 Å². The fraction of sp³-hybridized carbons (Fsp3) is 0.478. The maximum absolute atomic E-state index is 11.7. The molecule has 0 aliphatic rings. The van der Waals surface area contributed by atoms with E-state index in [-0.39, 0.29) is 40.2 Å². The maximum atomic E-state index is 11.7. The van der Waals surface area contributed by atoms with Gasteiger partial charge >= 0.3 is 29.6 Å². The molecule has 2 aromatic carbocycles. The molecule has 0 radical (unpaired) electrons. The largest absolute Gasteiger partial charge is 1.00 e. The normalized spacial score (nSPS) is 11.1. The van der Waals surface area contributed by atoms with Gasteiger partial charge in [0.05, 0.1) is 4.90 Å². The summed E-state index contributed by atoms with van der Waals surface area (Å²) in [6.07, 6.45) is 11.9. The van der Waals surface area contributed by atoms with Crippen molar-refractivity contribution in [2.24, 2.45) is 0 Å². The molecule has 0 saturated carbocycles. The number of hydrogen-bond donors (Lipinski definition) is 0. The Morgan fingerprint density at radius 3 is 2.00 bits per heavy atom. The van der Waals surface area contributed by atoms with E-state index in [9.17, 15) is 13.0 Å². The van der Waals surface area contributed by atoms with Crippen LogP contribution in [0.4, 0.5) is 0 Å². The third-order valence-corrected chi connectivity index (χ3v) is 5.68. The minimum absolute atomic E-state index is 0. The first-order valence-corrected chi connectivity index (χ1v) is 11.7. The van der Waals surface area contributed by atoms with Crippen molar-refractivity contribution in [3.63, 3.8) is 0 Å². The summed E-state index contributed by atoms with van der Waals surface area (Å²) in [5.41, 5.74) is 0.859. The van der Waals surface area contributed by atoms with Gasteiger partial charge in [-0.2, -0.15) is 0 Å². The van der Waals surface area contributed by atoms with Gasteiger partial charge in [0.1, 0.15) is 21.6 Å². The Hall–Kier alpha value is -0.850. The van der Waals surface area contributed by atoms with Gasteiger partial charge in [0, 0.05) is 0 Å². The average Bonchev–Trinajstić information content (AvgIpc) is 2.67. The summed E-state index contributed by atoms with van der Waals surface area (Å²) < 4.78 is 40.7. The fourth-order valence-electron chi connectivity index (χ4n) is 3.24. The van der Waals surface area contributed by atoms with E-state index in [0.717, 1.165) is 24.8 Å². The summed E-state index contributed by atoms with van der Waals surface area (Å²) in [6.45, 7) is 2.23. The number of rotatable bonds is 13. The van der Waals surface area contributed by atoms with E-state index in [0.29, 0.717) is 5.75 Å². The topological polar surface area (TPSA) is 66.4 Å². The molecule has 154 valence electrons. The van der Waals surface area contributed by atoms with Crippen LogP contribution in [0.1, 0.15) is 70.3 Å². The minimum Gasteiger partial charge on any atom is -0.744 e. The van der Waals surface area contributed by atoms with Gasteiger partial charge in [-0.05, 0) is 42.7 Å². The van der Waals surface area contributed by atoms with Crippen molar-refractivity contribution in [1.29, 1.82) is 0 Å². The molecular weight excluding hydrogens is 395 g/mol. The summed E-state index contributed by atoms with van der Waals surface area (Å²) in [4.78, 5) is -0.287. The van der Waals surface area contributed by atoms with Crippen molar-refractivity contribution in [1.82, 2.24) is 0 Å². The second-order valence-corrected chi connectivity index (χ2v) is 8.58. The van der Waals surface area contributed by atoms with Crippen LogP contribution >= 0.6 is 0 Å². The quantitative estimate of drug-likeness (QED) is 0.279. The Morgan fingerprint density at radius 2 is 1.41 bits per heavy atom. The summed E-state index contributed by atoms with van der Waals surface area (Å²) in [5, 5.41) is 0. The van der Waals surface area contributed by atoms with E-state index in [1.807, 2.05) is 12.1 Å². The van der Waals surface area contributed by atoms with E-state index in [1.54, 1.807) is 30.3 Å². The maximum Gasteiger partial charge on any atom is 1.00 e. The molecule has 0 aromatic heterocycles. The summed E-state index contributed by atoms with van der Waals surface area (Å²) in [6, 6.07) is 13.8. The van der Waals surface area contributed by atoms with Gasteiger partial charge in [-0.1, -0.05) is 82.6 Å². The van der Waals surface area contributed by atoms with E-state index in [2.05, 4.69) is 6.92 Å². The molecule has 6 heteroatoms. The van der Waals surface area contributed by atoms with Crippen molar-refractivity contribution in [3.8, 4) is 11.5 Å². The van der Waals surface area contributed by atoms with Crippen LogP contribution in [0, 0.1) is 0 Å². The van der Waals surface area contributed by atoms with Gasteiger partial charge in [-0.25, -0.2) is 8.42 Å². The van der Waals surface area contributed by atoms with Gasteiger partial charge in [0.15, 0.2) is 0 Å². The smallest absolute Gasteiger partial charge is 0.744 e. The Morgan fingerprint density at radius 1 is 0.828 bits per heavy atom. The Kier molecular flexibility index (Phi) is 12.8. The van der Waals surface area contributed by atoms with Crippen molar-refractivity contribution in [2.45, 2.75) is 76.0 Å². The van der Waals surface area contributed by atoms with Crippen molar-refractivity contribution in [3.05, 3.63) is 54.1 Å². The molecule has 2 aromatic rings. The first kappa shape index (κ1) is 26.2. The molecular formula is C23H31NaO4S. The zero-order valence-electron chi connectivity index (χ0n) is 17.7. The van der Waals surface area contributed by atoms with Crippen LogP contribution < -0.4 is 34.3 Å². The molecule has 0 spiro atoms. The summed E-state index contributed by atoms with van der Waals surface area (Å²) in [5.74, 6) is 0.580. The number of unbranched alkanes of at least 4 members (excludes halogenated alkanes) is 8. The molecule has 0 fully saturated rings. The molecule has 2 rings (SSSR count). The number of para-hydroxylation sites is 1. The molecule has 0 N–H and O–H groups in total. The first-order valence-electron chi connectivity index (χ1n) is 10.3. The van der Waals surface area contributed by atoms with Crippen LogP contribution in [0.3, 0.4) is 0 Å². The SMILES string of the molecule is CCCCCCCCCCCc1ccc(Oc2ccccc2)c(S(=O)(=O)[O-])c1.[Na+]. The standard InChI is InChI=1S/C23H32O4S.Na/c1-2-3-4-5-6-7-8-9-11-14-20-17-18-22(23(19-20)28(24,25)26)27-21-15-12-10-13-16-21;/h10,12-13,15-19H,2-9,11,14H2,1H3,(H,24,25,26);/q;+1/p-1. The summed E-state index contributed by atoms with van der Waals surface area (Å²) >= 11 is 0. The average molecular weight is 427 g/mol. The number of hydrogen-bond acceptors (Lipinski definition) is 4. The van der Waals surface area contributed by atoms with Crippen molar-refractivity contribution in [2.75, 3.05) is 0 Å². The van der Waals surface area contributed by atoms with Crippen LogP contribution in [-0.4, -0.2) is 13.0 Å². The van der Waals surface area contributed by atoms with Gasteiger partial charge in [0.25, 0.3) is 0 Å². The molecule has 0 unspecified atom stereocenters. The molecule has 0 heterocycles. The van der Waals surface area contributed by atoms with E-state index < -0.39 is 10.1 Å². The first-order chi connectivity index (χ1) is 13.5. The van der Waals surface area contributed by atoms with Gasteiger partial charge in [-0.3, -0.25) is 0 Å². The van der Waals surface area contributed by atoms with Gasteiger partial charge < -0.3 is 9.29 Å². The molecule has 0 bridgehead atoms. The number of benzene rings is 2. The number of ether oxygens (including phenoxy) is 1. The monoisotopic (exact) mass is 426 g/mol. The van der Waals surface area contributed by atoms with Crippen molar-refractivity contribution >= 4 is 10.1 Å². The van der Waals surface area contributed by atoms with E-state index >= 15 is 0 Å². The van der Waals surface area contributed by atoms with Crippen molar-refractivity contribution < 1.29 is 47.3 Å². The second-order valence-electron chi connectivity index (χ2n) is 7.23. The minimum atomic E-state index is -4.60. The molecule has 29 heavy (non-hydrogen) atoms. The molecule has 0 atom stereocenters. The zero-order valence-corrected chi connectivity index (χ0v) is 20.5. The zero-order chi connectivity index (χ0) is 20.2. The molecule has 0 aliphatic carbocycles. The van der Waals surface area contributed by atoms with Crippen LogP contribution in [0.5, 0.6) is 11.5 Å². The molecule has 0 amide bonds. The fourth-order valence-corrected chi connectivity index (χ4v) is 3.89. The number of aryl methyl sites for hydroxylation is 1. The predicted octanol–water partition coefficient (Wildman–Crippen LogP) is 3.46. The third kappa shape index (κ3) is 10.1. The Bertz CT molecular complexity index is 807. The molecule has 4 nitrogen and oxygen atoms in total. The van der Waals surface area contributed by atoms with E-state index in [4.69, 9.17) is 4.74 Å².